The van der Waals surface area contributed by atoms with E-state index in [1.165, 1.54) is 17.5 Å². The number of ether oxygens (including phenoxy) is 1. The van der Waals surface area contributed by atoms with Gasteiger partial charge in [-0.25, -0.2) is 0 Å². The Hall–Kier alpha value is -2.42. The van der Waals surface area contributed by atoms with E-state index >= 15 is 0 Å². The summed E-state index contributed by atoms with van der Waals surface area (Å²) in [6.45, 7) is 6.76. The van der Waals surface area contributed by atoms with Crippen LogP contribution in [-0.4, -0.2) is 27.5 Å². The first-order valence-electron chi connectivity index (χ1n) is 11.0. The molecule has 31 heavy (non-hydrogen) atoms. The maximum Gasteiger partial charge on any atom is 0.312 e. The molecule has 0 aliphatic heterocycles. The number of rotatable bonds is 6. The zero-order valence-corrected chi connectivity index (χ0v) is 20.1. The minimum absolute atomic E-state index is 0.104. The van der Waals surface area contributed by atoms with Crippen molar-refractivity contribution in [3.8, 4) is 6.07 Å². The molecule has 0 saturated heterocycles. The fourth-order valence-electron chi connectivity index (χ4n) is 5.14. The molecule has 1 aliphatic carbocycles. The maximum absolute atomic E-state index is 12.7. The van der Waals surface area contributed by atoms with Gasteiger partial charge in [-0.15, -0.1) is 0 Å². The van der Waals surface area contributed by atoms with Crippen molar-refractivity contribution < 1.29 is 14.0 Å². The van der Waals surface area contributed by atoms with E-state index in [1.807, 2.05) is 12.1 Å². The lowest BCUT2D eigenvalue weighted by Crippen LogP contribution is -2.68. The Kier molecular flexibility index (Phi) is 7.03. The third-order valence-corrected chi connectivity index (χ3v) is 11.7. The molecule has 2 unspecified atom stereocenters. The van der Waals surface area contributed by atoms with E-state index in [0.717, 1.165) is 12.8 Å². The predicted octanol–water partition coefficient (Wildman–Crippen LogP) is 4.58. The molecule has 0 aromatic heterocycles. The fraction of sp³-hybridized carbons (Fsp3) is 0.462. The first-order chi connectivity index (χ1) is 14.8. The van der Waals surface area contributed by atoms with Crippen LogP contribution >= 0.6 is 0 Å². The summed E-state index contributed by atoms with van der Waals surface area (Å²) in [5.41, 5.74) is -0.780. The van der Waals surface area contributed by atoms with Crippen molar-refractivity contribution in [1.82, 2.24) is 0 Å². The van der Waals surface area contributed by atoms with Crippen LogP contribution in [0.2, 0.25) is 5.04 Å². The van der Waals surface area contributed by atoms with Gasteiger partial charge in [-0.1, -0.05) is 81.4 Å². The number of nitriles is 1. The van der Waals surface area contributed by atoms with Crippen molar-refractivity contribution in [2.24, 2.45) is 5.41 Å². The number of benzene rings is 2. The van der Waals surface area contributed by atoms with Crippen molar-refractivity contribution in [2.75, 3.05) is 7.11 Å². The molecule has 1 saturated carbocycles. The summed E-state index contributed by atoms with van der Waals surface area (Å²) in [4.78, 5) is 12.7. The van der Waals surface area contributed by atoms with E-state index in [9.17, 15) is 10.1 Å². The quantitative estimate of drug-likeness (QED) is 0.492. The molecule has 3 rings (SSSR count). The van der Waals surface area contributed by atoms with Crippen molar-refractivity contribution in [2.45, 2.75) is 64.0 Å². The number of nitrogens with zero attached hydrogens (tertiary/aromatic N) is 1. The van der Waals surface area contributed by atoms with Gasteiger partial charge >= 0.3 is 5.97 Å². The van der Waals surface area contributed by atoms with Gasteiger partial charge in [-0.05, 0) is 41.1 Å². The predicted molar refractivity (Wildman–Crippen MR) is 126 cm³/mol. The van der Waals surface area contributed by atoms with E-state index in [1.54, 1.807) is 0 Å². The Morgan fingerprint density at radius 1 is 1.10 bits per heavy atom. The summed E-state index contributed by atoms with van der Waals surface area (Å²) in [7, 11) is -1.29. The monoisotopic (exact) mass is 435 g/mol. The number of carbonyl (C=O) groups is 1. The van der Waals surface area contributed by atoms with Crippen molar-refractivity contribution >= 4 is 24.7 Å². The van der Waals surface area contributed by atoms with Gasteiger partial charge in [0.2, 0.25) is 0 Å². The number of carbonyl (C=O) groups excluding carboxylic acids is 1. The average Bonchev–Trinajstić information content (AvgIpc) is 2.77. The molecule has 0 bridgehead atoms. The molecule has 0 amide bonds. The Morgan fingerprint density at radius 2 is 1.65 bits per heavy atom. The van der Waals surface area contributed by atoms with E-state index in [0.29, 0.717) is 12.8 Å². The summed E-state index contributed by atoms with van der Waals surface area (Å²) in [5.74, 6) is -0.287. The molecule has 164 valence electrons. The van der Waals surface area contributed by atoms with Crippen LogP contribution in [0.3, 0.4) is 0 Å². The Morgan fingerprint density at radius 3 is 2.10 bits per heavy atom. The number of esters is 1. The van der Waals surface area contributed by atoms with E-state index < -0.39 is 13.7 Å². The second-order valence-corrected chi connectivity index (χ2v) is 13.9. The first-order valence-corrected chi connectivity index (χ1v) is 12.9. The molecule has 1 aliphatic rings. The van der Waals surface area contributed by atoms with Gasteiger partial charge in [0.15, 0.2) is 0 Å². The van der Waals surface area contributed by atoms with E-state index in [4.69, 9.17) is 9.16 Å². The topological polar surface area (TPSA) is 59.3 Å². The van der Waals surface area contributed by atoms with Crippen molar-refractivity contribution in [3.05, 3.63) is 60.7 Å². The molecule has 2 atom stereocenters. The van der Waals surface area contributed by atoms with E-state index in [2.05, 4.69) is 75.4 Å². The minimum Gasteiger partial charge on any atom is -0.469 e. The third kappa shape index (κ3) is 4.46. The summed E-state index contributed by atoms with van der Waals surface area (Å²) in [6, 6.07) is 23.3. The highest BCUT2D eigenvalue weighted by Gasteiger charge is 2.53. The maximum atomic E-state index is 12.7. The van der Waals surface area contributed by atoms with Gasteiger partial charge in [-0.3, -0.25) is 4.79 Å². The molecule has 0 spiro atoms. The van der Waals surface area contributed by atoms with Gasteiger partial charge in [0.25, 0.3) is 8.32 Å². The molecule has 0 N–H and O–H groups in total. The molecule has 0 radical (unpaired) electrons. The standard InChI is InChI=1S/C26H33NO3Si/c1-25(2,3)31(22-13-7-5-8-14-22,23-15-9-6-10-16-23)30-21-12-11-17-26(20-21,18-19-27)24(28)29-4/h5-10,13-16,21H,11-12,17-18,20H2,1-4H3. The first kappa shape index (κ1) is 23.2. The lowest BCUT2D eigenvalue weighted by atomic mass is 9.71. The van der Waals surface area contributed by atoms with Gasteiger partial charge in [0.05, 0.1) is 25.0 Å². The lowest BCUT2D eigenvalue weighted by Gasteiger charge is -2.47. The smallest absolute Gasteiger partial charge is 0.312 e. The van der Waals surface area contributed by atoms with Gasteiger partial charge in [0, 0.05) is 6.10 Å². The molecular weight excluding hydrogens is 402 g/mol. The molecule has 2 aromatic rings. The van der Waals surface area contributed by atoms with Crippen LogP contribution in [0.5, 0.6) is 0 Å². The molecule has 1 fully saturated rings. The van der Waals surface area contributed by atoms with Gasteiger partial charge in [0.1, 0.15) is 0 Å². The molecular formula is C26H33NO3Si. The zero-order valence-electron chi connectivity index (χ0n) is 19.1. The number of hydrogen-bond donors (Lipinski definition) is 0. The summed E-state index contributed by atoms with van der Waals surface area (Å²) < 4.78 is 12.4. The van der Waals surface area contributed by atoms with Crippen LogP contribution in [0.4, 0.5) is 0 Å². The van der Waals surface area contributed by atoms with Crippen LogP contribution in [0.1, 0.15) is 52.9 Å². The normalized spacial score (nSPS) is 21.8. The van der Waals surface area contributed by atoms with Crippen LogP contribution in [0.15, 0.2) is 60.7 Å². The van der Waals surface area contributed by atoms with Crippen LogP contribution in [-0.2, 0) is 14.0 Å². The van der Waals surface area contributed by atoms with Gasteiger partial charge in [-0.2, -0.15) is 5.26 Å². The Balaban J connectivity index is 2.09. The Labute approximate surface area is 187 Å². The summed E-state index contributed by atoms with van der Waals surface area (Å²) in [5, 5.41) is 11.8. The summed E-state index contributed by atoms with van der Waals surface area (Å²) in [6.07, 6.45) is 2.99. The van der Waals surface area contributed by atoms with Crippen molar-refractivity contribution in [3.63, 3.8) is 0 Å². The fourth-order valence-corrected chi connectivity index (χ4v) is 9.85. The molecule has 4 nitrogen and oxygen atoms in total. The molecule has 0 heterocycles. The highest BCUT2D eigenvalue weighted by molar-refractivity contribution is 6.99. The summed E-state index contributed by atoms with van der Waals surface area (Å²) >= 11 is 0. The van der Waals surface area contributed by atoms with Gasteiger partial charge < -0.3 is 9.16 Å². The third-order valence-electron chi connectivity index (χ3n) is 6.60. The molecule has 5 heteroatoms. The minimum atomic E-state index is -2.70. The second kappa shape index (κ2) is 9.38. The number of hydrogen-bond acceptors (Lipinski definition) is 4. The largest absolute Gasteiger partial charge is 0.469 e. The van der Waals surface area contributed by atoms with Crippen LogP contribution in [0.25, 0.3) is 0 Å². The second-order valence-electron chi connectivity index (χ2n) is 9.61. The zero-order chi connectivity index (χ0) is 22.5. The highest BCUT2D eigenvalue weighted by atomic mass is 28.4. The lowest BCUT2D eigenvalue weighted by molar-refractivity contribution is -0.156. The SMILES string of the molecule is COC(=O)C1(CC#N)CCCC(O[Si](c2ccccc2)(c2ccccc2)C(C)(C)C)C1. The highest BCUT2D eigenvalue weighted by Crippen LogP contribution is 2.45. The van der Waals surface area contributed by atoms with E-state index in [-0.39, 0.29) is 23.5 Å². The van der Waals surface area contributed by atoms with Crippen molar-refractivity contribution in [1.29, 1.82) is 5.26 Å². The Bertz CT molecular complexity index is 878. The number of methoxy groups -OCH3 is 1. The van der Waals surface area contributed by atoms with Crippen LogP contribution in [0, 0.1) is 16.7 Å². The molecule has 2 aromatic carbocycles. The van der Waals surface area contributed by atoms with Crippen LogP contribution < -0.4 is 10.4 Å². The average molecular weight is 436 g/mol.